The molecular formula is C86H70F2O2P4Pd. The molecule has 0 heterocycles. The topological polar surface area (TPSA) is 37.3 Å². The number of rotatable bonds is 14. The molecule has 0 saturated carbocycles. The van der Waals surface area contributed by atoms with E-state index >= 15 is 0 Å². The van der Waals surface area contributed by atoms with Crippen molar-refractivity contribution in [3.63, 3.8) is 0 Å². The summed E-state index contributed by atoms with van der Waals surface area (Å²) in [5.74, 6) is -2.22. The molecule has 0 unspecified atom stereocenters. The smallest absolute Gasteiger partial charge is 0.336 e. The molecule has 14 aromatic carbocycles. The number of hydrogen-bond acceptors (Lipinski definition) is 1. The van der Waals surface area contributed by atoms with Gasteiger partial charge in [0, 0.05) is 20.4 Å². The summed E-state index contributed by atoms with van der Waals surface area (Å²) in [5, 5.41) is 25.8. The Bertz CT molecular complexity index is 3620. The first-order valence-corrected chi connectivity index (χ1v) is 36.3. The number of aromatic carboxylic acids is 1. The average molecular weight is 1400 g/mol. The summed E-state index contributed by atoms with van der Waals surface area (Å²) in [6.45, 7) is 1.67. The third-order valence-electron chi connectivity index (χ3n) is 14.9. The van der Waals surface area contributed by atoms with E-state index < -0.39 is 49.3 Å². The number of carbonyl (C=O) groups is 1. The number of benzene rings is 14. The molecule has 14 aromatic rings. The summed E-state index contributed by atoms with van der Waals surface area (Å²) in [5.41, 5.74) is 1.42. The fourth-order valence-corrected chi connectivity index (χ4v) is 19.8. The number of aryl methyl sites for hydroxylation is 1. The van der Waals surface area contributed by atoms with Gasteiger partial charge in [-0.05, 0) is 143 Å². The second kappa shape index (κ2) is 37.6. The Balaban J connectivity index is 0.000000139. The first-order valence-electron chi connectivity index (χ1n) is 30.9. The SMILES string of the molecule is Cc1cc(F)ccc1-c1ccc(F)cc1C(=O)O.[Pd].c1ccc(P(c2ccccc2)c2ccccc2)cc1.c1ccc(P(c2ccccc2)c2ccccc2)cc1.c1ccc(P(c2ccccc2)c2ccccc2)cc1.c1ccc(P(c2ccccc2)c2ccccc2)cc1. The van der Waals surface area contributed by atoms with Crippen LogP contribution in [0, 0.1) is 18.6 Å². The van der Waals surface area contributed by atoms with Crippen molar-refractivity contribution >= 4 is 101 Å². The molecule has 0 aliphatic heterocycles. The summed E-state index contributed by atoms with van der Waals surface area (Å²) in [6, 6.07) is 137. The van der Waals surface area contributed by atoms with Crippen molar-refractivity contribution in [1.82, 2.24) is 0 Å². The van der Waals surface area contributed by atoms with E-state index in [1.807, 2.05) is 0 Å². The minimum absolute atomic E-state index is 0. The van der Waals surface area contributed by atoms with Gasteiger partial charge in [-0.1, -0.05) is 376 Å². The van der Waals surface area contributed by atoms with Crippen molar-refractivity contribution in [3.05, 3.63) is 423 Å². The van der Waals surface area contributed by atoms with Crippen LogP contribution in [0.5, 0.6) is 0 Å². The molecule has 95 heavy (non-hydrogen) atoms. The van der Waals surface area contributed by atoms with Gasteiger partial charge >= 0.3 is 5.97 Å². The zero-order valence-electron chi connectivity index (χ0n) is 52.3. The van der Waals surface area contributed by atoms with E-state index in [0.29, 0.717) is 16.7 Å². The van der Waals surface area contributed by atoms with Crippen molar-refractivity contribution in [2.75, 3.05) is 0 Å². The van der Waals surface area contributed by atoms with Crippen LogP contribution < -0.4 is 63.7 Å². The van der Waals surface area contributed by atoms with E-state index in [9.17, 15) is 13.6 Å². The monoisotopic (exact) mass is 1400 g/mol. The predicted molar refractivity (Wildman–Crippen MR) is 404 cm³/mol. The quantitative estimate of drug-likeness (QED) is 0.0870. The molecule has 0 bridgehead atoms. The van der Waals surface area contributed by atoms with Gasteiger partial charge < -0.3 is 5.11 Å². The van der Waals surface area contributed by atoms with Gasteiger partial charge in [-0.25, -0.2) is 13.6 Å². The van der Waals surface area contributed by atoms with Crippen LogP contribution in [0.3, 0.4) is 0 Å². The van der Waals surface area contributed by atoms with Gasteiger partial charge in [0.1, 0.15) is 11.6 Å². The van der Waals surface area contributed by atoms with Crippen molar-refractivity contribution < 1.29 is 39.1 Å². The van der Waals surface area contributed by atoms with Gasteiger partial charge in [0.15, 0.2) is 0 Å². The first-order chi connectivity index (χ1) is 46.3. The summed E-state index contributed by atoms with van der Waals surface area (Å²) in [6.07, 6.45) is 0. The molecule has 0 aliphatic rings. The molecule has 470 valence electrons. The second-order valence-corrected chi connectivity index (χ2v) is 30.2. The van der Waals surface area contributed by atoms with E-state index in [1.165, 1.54) is 94.0 Å². The van der Waals surface area contributed by atoms with Crippen LogP contribution in [0.1, 0.15) is 15.9 Å². The van der Waals surface area contributed by atoms with Crippen molar-refractivity contribution in [1.29, 1.82) is 0 Å². The second-order valence-electron chi connectivity index (χ2n) is 21.3. The third-order valence-corrected chi connectivity index (χ3v) is 24.6. The van der Waals surface area contributed by atoms with Crippen LogP contribution in [0.4, 0.5) is 8.78 Å². The largest absolute Gasteiger partial charge is 0.478 e. The number of carboxylic acids is 1. The van der Waals surface area contributed by atoms with E-state index in [-0.39, 0.29) is 26.0 Å². The fourth-order valence-electron chi connectivity index (χ4n) is 10.6. The number of hydrogen-bond donors (Lipinski definition) is 1. The van der Waals surface area contributed by atoms with Crippen molar-refractivity contribution in [3.8, 4) is 11.1 Å². The Morgan fingerprint density at radius 1 is 0.242 bits per heavy atom. The van der Waals surface area contributed by atoms with Crippen molar-refractivity contribution in [2.24, 2.45) is 0 Å². The zero-order chi connectivity index (χ0) is 64.9. The Morgan fingerprint density at radius 3 is 0.558 bits per heavy atom. The molecule has 0 aliphatic carbocycles. The number of halogens is 2. The molecule has 0 aromatic heterocycles. The van der Waals surface area contributed by atoms with E-state index in [0.717, 1.165) is 6.07 Å². The normalized spacial score (nSPS) is 10.4. The Kier molecular flexibility index (Phi) is 27.8. The van der Waals surface area contributed by atoms with Gasteiger partial charge in [-0.2, -0.15) is 0 Å². The summed E-state index contributed by atoms with van der Waals surface area (Å²) in [7, 11) is -1.78. The molecule has 14 rings (SSSR count). The van der Waals surface area contributed by atoms with Crippen LogP contribution in [-0.4, -0.2) is 11.1 Å². The minimum atomic E-state index is -1.21. The van der Waals surface area contributed by atoms with Gasteiger partial charge in [-0.3, -0.25) is 0 Å². The molecular weight excluding hydrogens is 1330 g/mol. The maximum atomic E-state index is 13.1. The maximum absolute atomic E-state index is 13.1. The molecule has 1 N–H and O–H groups in total. The Morgan fingerprint density at radius 2 is 0.400 bits per heavy atom. The number of carboxylic acid groups (broad SMARTS) is 1. The molecule has 0 radical (unpaired) electrons. The van der Waals surface area contributed by atoms with Crippen LogP contribution >= 0.6 is 31.7 Å². The summed E-state index contributed by atoms with van der Waals surface area (Å²) >= 11 is 0. The van der Waals surface area contributed by atoms with Crippen LogP contribution in [-0.2, 0) is 20.4 Å². The summed E-state index contributed by atoms with van der Waals surface area (Å²) in [4.78, 5) is 11.1. The van der Waals surface area contributed by atoms with Gasteiger partial charge in [0.2, 0.25) is 0 Å². The van der Waals surface area contributed by atoms with E-state index in [4.69, 9.17) is 5.11 Å². The van der Waals surface area contributed by atoms with Crippen LogP contribution in [0.2, 0.25) is 0 Å². The minimum Gasteiger partial charge on any atom is -0.478 e. The molecule has 0 amide bonds. The standard InChI is InChI=1S/4C18H15P.C14H10F2O2.Pd/c4*1-4-10-16(11-5-1)19(17-12-6-2-7-13-17)18-14-8-3-9-15-18;1-8-6-9(15)2-4-11(8)12-5-3-10(16)7-13(12)14(17)18;/h4*1-15H;2-7H,1H3,(H,17,18);. The summed E-state index contributed by atoms with van der Waals surface area (Å²) < 4.78 is 26.1. The predicted octanol–water partition coefficient (Wildman–Crippen LogP) is 17.4. The van der Waals surface area contributed by atoms with Gasteiger partial charge in [-0.15, -0.1) is 0 Å². The van der Waals surface area contributed by atoms with Crippen molar-refractivity contribution in [2.45, 2.75) is 6.92 Å². The van der Waals surface area contributed by atoms with Crippen LogP contribution in [0.15, 0.2) is 400 Å². The van der Waals surface area contributed by atoms with E-state index in [2.05, 4.69) is 364 Å². The Labute approximate surface area is 577 Å². The third kappa shape index (κ3) is 20.4. The molecule has 0 atom stereocenters. The van der Waals surface area contributed by atoms with E-state index in [1.54, 1.807) is 6.92 Å². The molecule has 0 saturated heterocycles. The maximum Gasteiger partial charge on any atom is 0.336 e. The fraction of sp³-hybridized carbons (Fsp3) is 0.0116. The average Bonchev–Trinajstić information content (AvgIpc) is 0.927. The van der Waals surface area contributed by atoms with Gasteiger partial charge in [0.05, 0.1) is 5.56 Å². The van der Waals surface area contributed by atoms with Crippen LogP contribution in [0.25, 0.3) is 11.1 Å². The molecule has 2 nitrogen and oxygen atoms in total. The molecule has 9 heteroatoms. The molecule has 0 spiro atoms. The Hall–Kier alpha value is -9.21. The molecule has 0 fully saturated rings. The van der Waals surface area contributed by atoms with Gasteiger partial charge in [0.25, 0.3) is 0 Å². The zero-order valence-corrected chi connectivity index (χ0v) is 57.5. The first kappa shape index (κ1) is 70.1.